The number of unbranched alkanes of at least 4 members (excludes halogenated alkanes) is 2. The standard InChI is InChI=1S/2C4H9.2C3H7NS2.Ni.Zn/c2*1-3-4-2;2*1-4(2)3(5)6;;/h2*1,3-4H2,2H3;2*1-2H3,(H,5,6);;/q2*-1;;;2*+2/p-2. The van der Waals surface area contributed by atoms with Crippen molar-refractivity contribution in [2.75, 3.05) is 28.2 Å². The molecule has 0 spiro atoms. The molecule has 0 rings (SSSR count). The van der Waals surface area contributed by atoms with Gasteiger partial charge in [-0.2, -0.15) is 12.8 Å². The van der Waals surface area contributed by atoms with E-state index in [0.29, 0.717) is 8.64 Å². The summed E-state index contributed by atoms with van der Waals surface area (Å²) in [5.41, 5.74) is 0. The van der Waals surface area contributed by atoms with Gasteiger partial charge in [-0.25, -0.2) is 0 Å². The number of nitrogens with zero attached hydrogens (tertiary/aromatic N) is 2. The quantitative estimate of drug-likeness (QED) is 0.254. The van der Waals surface area contributed by atoms with Gasteiger partial charge in [0.15, 0.2) is 0 Å². The Morgan fingerprint density at radius 1 is 0.818 bits per heavy atom. The van der Waals surface area contributed by atoms with Crippen LogP contribution in [0.15, 0.2) is 0 Å². The molecule has 0 aliphatic carbocycles. The zero-order chi connectivity index (χ0) is 17.1. The molecule has 0 unspecified atom stereocenters. The molecule has 0 aromatic heterocycles. The van der Waals surface area contributed by atoms with Crippen molar-refractivity contribution in [3.05, 3.63) is 13.8 Å². The largest absolute Gasteiger partial charge is 2.00 e. The van der Waals surface area contributed by atoms with Gasteiger partial charge in [0.25, 0.3) is 0 Å². The van der Waals surface area contributed by atoms with Crippen LogP contribution in [0.1, 0.15) is 39.5 Å². The van der Waals surface area contributed by atoms with Gasteiger partial charge in [-0.05, 0) is 0 Å². The Hall–Kier alpha value is 1.34. The van der Waals surface area contributed by atoms with E-state index >= 15 is 0 Å². The van der Waals surface area contributed by atoms with Crippen LogP contribution in [0.5, 0.6) is 0 Å². The van der Waals surface area contributed by atoms with Gasteiger partial charge in [-0.15, -0.1) is 0 Å². The van der Waals surface area contributed by atoms with E-state index < -0.39 is 0 Å². The minimum absolute atomic E-state index is 0. The van der Waals surface area contributed by atoms with Gasteiger partial charge >= 0.3 is 36.0 Å². The molecule has 0 atom stereocenters. The molecule has 0 heterocycles. The van der Waals surface area contributed by atoms with Gasteiger partial charge in [0.05, 0.1) is 0 Å². The van der Waals surface area contributed by atoms with Crippen molar-refractivity contribution >= 4 is 58.3 Å². The van der Waals surface area contributed by atoms with Crippen molar-refractivity contribution in [3.63, 3.8) is 0 Å². The summed E-state index contributed by atoms with van der Waals surface area (Å²) in [4.78, 5) is 3.43. The molecule has 0 N–H and O–H groups in total. The van der Waals surface area contributed by atoms with Crippen molar-refractivity contribution in [2.45, 2.75) is 39.5 Å². The molecule has 0 radical (unpaired) electrons. The van der Waals surface area contributed by atoms with E-state index in [2.05, 4.69) is 77.4 Å². The summed E-state index contributed by atoms with van der Waals surface area (Å²) in [7, 11) is 7.31. The van der Waals surface area contributed by atoms with Crippen molar-refractivity contribution in [2.24, 2.45) is 0 Å². The molecule has 2 nitrogen and oxygen atoms in total. The Morgan fingerprint density at radius 2 is 0.909 bits per heavy atom. The van der Waals surface area contributed by atoms with Crippen LogP contribution in [0.2, 0.25) is 0 Å². The van der Waals surface area contributed by atoms with Crippen LogP contribution in [-0.4, -0.2) is 46.6 Å². The smallest absolute Gasteiger partial charge is 0.411 e. The summed E-state index contributed by atoms with van der Waals surface area (Å²) >= 11 is 18.2. The van der Waals surface area contributed by atoms with Crippen molar-refractivity contribution in [1.29, 1.82) is 0 Å². The third-order valence-corrected chi connectivity index (χ3v) is 2.90. The summed E-state index contributed by atoms with van der Waals surface area (Å²) in [6.07, 6.45) is 4.56. The van der Waals surface area contributed by atoms with E-state index in [0.717, 1.165) is 12.8 Å². The summed E-state index contributed by atoms with van der Waals surface area (Å²) in [6, 6.07) is 0. The van der Waals surface area contributed by atoms with Crippen molar-refractivity contribution < 1.29 is 36.0 Å². The molecule has 0 aromatic rings. The van der Waals surface area contributed by atoms with Gasteiger partial charge in [-0.1, -0.05) is 35.3 Å². The Bertz CT molecular complexity index is 193. The zero-order valence-electron chi connectivity index (χ0n) is 14.8. The molecule has 0 saturated carbocycles. The molecule has 8 heteroatoms. The Kier molecular flexibility index (Phi) is 59.6. The van der Waals surface area contributed by atoms with Crippen LogP contribution in [-0.2, 0) is 61.2 Å². The molecule has 0 fully saturated rings. The van der Waals surface area contributed by atoms with Gasteiger partial charge < -0.3 is 73.3 Å². The van der Waals surface area contributed by atoms with E-state index in [1.165, 1.54) is 12.8 Å². The molecular weight excluding hydrogens is 449 g/mol. The number of rotatable bonds is 2. The Balaban J connectivity index is -0.0000000383. The van der Waals surface area contributed by atoms with Gasteiger partial charge in [0.2, 0.25) is 0 Å². The van der Waals surface area contributed by atoms with Gasteiger partial charge in [0.1, 0.15) is 0 Å². The Labute approximate surface area is 184 Å². The fourth-order valence-corrected chi connectivity index (χ4v) is 0. The normalized spacial score (nSPS) is 6.91. The maximum atomic E-state index is 4.56. The third kappa shape index (κ3) is 68.7. The summed E-state index contributed by atoms with van der Waals surface area (Å²) < 4.78 is 1.02. The van der Waals surface area contributed by atoms with E-state index in [9.17, 15) is 0 Å². The second kappa shape index (κ2) is 33.8. The fourth-order valence-electron chi connectivity index (χ4n) is 0. The van der Waals surface area contributed by atoms with Crippen LogP contribution in [0, 0.1) is 13.8 Å². The average molecular weight is 479 g/mol. The second-order valence-corrected chi connectivity index (χ2v) is 6.09. The van der Waals surface area contributed by atoms with Crippen LogP contribution in [0.4, 0.5) is 0 Å². The fraction of sp³-hybridized carbons (Fsp3) is 0.714. The van der Waals surface area contributed by atoms with E-state index in [4.69, 9.17) is 0 Å². The SMILES string of the molecule is CN(C)C(=S)[S-].CN(C)C(=S)[S-].[CH2-]CCC.[CH2-]CCC.[Ni+2].[Zn+2]. The summed E-state index contributed by atoms with van der Waals surface area (Å²) in [5, 5.41) is 0. The van der Waals surface area contributed by atoms with E-state index in [1.807, 2.05) is 28.2 Å². The monoisotopic (exact) mass is 476 g/mol. The third-order valence-electron chi connectivity index (χ3n) is 1.44. The number of thiocarbonyl (C=S) groups is 2. The van der Waals surface area contributed by atoms with Gasteiger partial charge in [-0.3, -0.25) is 0 Å². The Morgan fingerprint density at radius 3 is 0.909 bits per heavy atom. The molecule has 0 aliphatic rings. The second-order valence-electron chi connectivity index (χ2n) is 4.03. The van der Waals surface area contributed by atoms with Gasteiger partial charge in [0, 0.05) is 28.2 Å². The molecule has 0 aliphatic heterocycles. The van der Waals surface area contributed by atoms with Crippen LogP contribution in [0.25, 0.3) is 0 Å². The molecule has 0 amide bonds. The molecule has 0 saturated heterocycles. The van der Waals surface area contributed by atoms with E-state index in [-0.39, 0.29) is 36.0 Å². The zero-order valence-corrected chi connectivity index (χ0v) is 22.0. The molecule has 0 bridgehead atoms. The first kappa shape index (κ1) is 38.7. The average Bonchev–Trinajstić information content (AvgIpc) is 2.39. The summed E-state index contributed by atoms with van der Waals surface area (Å²) in [6.45, 7) is 11.4. The van der Waals surface area contributed by atoms with Crippen molar-refractivity contribution in [3.8, 4) is 0 Å². The first-order valence-electron chi connectivity index (χ1n) is 6.47. The van der Waals surface area contributed by atoms with Crippen LogP contribution in [0.3, 0.4) is 0 Å². The van der Waals surface area contributed by atoms with E-state index in [1.54, 1.807) is 9.80 Å². The minimum Gasteiger partial charge on any atom is -0.411 e. The number of hydrogen-bond donors (Lipinski definition) is 0. The topological polar surface area (TPSA) is 6.48 Å². The molecule has 0 aromatic carbocycles. The van der Waals surface area contributed by atoms with Crippen molar-refractivity contribution in [1.82, 2.24) is 9.80 Å². The molecule has 22 heavy (non-hydrogen) atoms. The minimum atomic E-state index is 0. The maximum Gasteiger partial charge on any atom is 2.00 e. The van der Waals surface area contributed by atoms with Crippen LogP contribution < -0.4 is 0 Å². The van der Waals surface area contributed by atoms with Crippen LogP contribution >= 0.6 is 24.4 Å². The molecule has 132 valence electrons. The molecular formula is C14H30N2NiS4Zn. The first-order valence-corrected chi connectivity index (χ1v) is 8.10. The predicted octanol–water partition coefficient (Wildman–Crippen LogP) is 4.00. The number of hydrogen-bond acceptors (Lipinski definition) is 4. The predicted molar refractivity (Wildman–Crippen MR) is 108 cm³/mol. The summed E-state index contributed by atoms with van der Waals surface area (Å²) in [5.74, 6) is 0. The maximum absolute atomic E-state index is 4.56. The first-order chi connectivity index (χ1) is 9.11.